The van der Waals surface area contributed by atoms with Gasteiger partial charge in [-0.15, -0.1) is 0 Å². The third kappa shape index (κ3) is 2.04. The van der Waals surface area contributed by atoms with Crippen LogP contribution in [0.1, 0.15) is 29.5 Å². The number of hydrogen-bond donors (Lipinski definition) is 1. The highest BCUT2D eigenvalue weighted by molar-refractivity contribution is 5.64. The van der Waals surface area contributed by atoms with Crippen molar-refractivity contribution in [3.63, 3.8) is 0 Å². The van der Waals surface area contributed by atoms with Gasteiger partial charge in [-0.05, 0) is 32.1 Å². The van der Waals surface area contributed by atoms with Crippen LogP contribution in [0.5, 0.6) is 17.2 Å². The Morgan fingerprint density at radius 2 is 1.74 bits per heavy atom. The predicted molar refractivity (Wildman–Crippen MR) is 71.4 cm³/mol. The molecule has 0 spiro atoms. The Kier molecular flexibility index (Phi) is 3.51. The van der Waals surface area contributed by atoms with Gasteiger partial charge in [-0.3, -0.25) is 0 Å². The van der Waals surface area contributed by atoms with Crippen LogP contribution in [-0.2, 0) is 19.3 Å². The molecule has 0 saturated carbocycles. The van der Waals surface area contributed by atoms with E-state index in [0.29, 0.717) is 6.42 Å². The lowest BCUT2D eigenvalue weighted by molar-refractivity contribution is 0.246. The molecule has 0 radical (unpaired) electrons. The van der Waals surface area contributed by atoms with E-state index in [0.717, 1.165) is 72.8 Å². The minimum Gasteiger partial charge on any atom is -0.493 e. The van der Waals surface area contributed by atoms with Crippen LogP contribution in [-0.4, -0.2) is 32.0 Å². The second-order valence-electron chi connectivity index (χ2n) is 5.00. The molecule has 104 valence electrons. The molecule has 0 fully saturated rings. The van der Waals surface area contributed by atoms with Crippen molar-refractivity contribution < 1.29 is 19.3 Å². The fourth-order valence-electron chi connectivity index (χ4n) is 3.09. The Morgan fingerprint density at radius 1 is 1.05 bits per heavy atom. The summed E-state index contributed by atoms with van der Waals surface area (Å²) in [5, 5.41) is 9.32. The lowest BCUT2D eigenvalue weighted by atomic mass is 9.90. The first-order valence-electron chi connectivity index (χ1n) is 6.97. The van der Waals surface area contributed by atoms with E-state index in [9.17, 15) is 5.11 Å². The first kappa shape index (κ1) is 12.6. The standard InChI is InChI=1S/C15H20O4/c1-17-14-12-5-3-8-18-13(12)11(6-7-16)10-4-2-9-19-15(10)14/h16H,2-9H2,1H3. The van der Waals surface area contributed by atoms with Crippen molar-refractivity contribution in [1.29, 1.82) is 0 Å². The first-order chi connectivity index (χ1) is 9.36. The van der Waals surface area contributed by atoms with Gasteiger partial charge in [-0.2, -0.15) is 0 Å². The van der Waals surface area contributed by atoms with Gasteiger partial charge in [0.25, 0.3) is 0 Å². The second kappa shape index (κ2) is 5.29. The summed E-state index contributed by atoms with van der Waals surface area (Å²) in [7, 11) is 1.69. The molecule has 0 amide bonds. The maximum atomic E-state index is 9.32. The molecule has 1 N–H and O–H groups in total. The first-order valence-corrected chi connectivity index (χ1v) is 6.97. The molecule has 2 aliphatic rings. The largest absolute Gasteiger partial charge is 0.493 e. The molecule has 1 aromatic rings. The predicted octanol–water partition coefficient (Wildman–Crippen LogP) is 1.88. The molecule has 4 heteroatoms. The quantitative estimate of drug-likeness (QED) is 0.905. The highest BCUT2D eigenvalue weighted by atomic mass is 16.5. The number of aliphatic hydroxyl groups excluding tert-OH is 1. The van der Waals surface area contributed by atoms with E-state index in [1.165, 1.54) is 0 Å². The van der Waals surface area contributed by atoms with Crippen LogP contribution < -0.4 is 14.2 Å². The second-order valence-corrected chi connectivity index (χ2v) is 5.00. The molecule has 3 rings (SSSR count). The molecular weight excluding hydrogens is 244 g/mol. The minimum absolute atomic E-state index is 0.134. The fraction of sp³-hybridized carbons (Fsp3) is 0.600. The molecule has 0 saturated heterocycles. The third-order valence-corrected chi connectivity index (χ3v) is 3.87. The molecule has 0 unspecified atom stereocenters. The van der Waals surface area contributed by atoms with Crippen molar-refractivity contribution in [3.05, 3.63) is 16.7 Å². The number of benzene rings is 1. The summed E-state index contributed by atoms with van der Waals surface area (Å²) in [6, 6.07) is 0. The molecule has 0 atom stereocenters. The summed E-state index contributed by atoms with van der Waals surface area (Å²) in [5.74, 6) is 2.65. The van der Waals surface area contributed by atoms with E-state index in [1.54, 1.807) is 7.11 Å². The average molecular weight is 264 g/mol. The van der Waals surface area contributed by atoms with E-state index in [1.807, 2.05) is 0 Å². The van der Waals surface area contributed by atoms with Gasteiger partial charge in [0, 0.05) is 23.3 Å². The number of ether oxygens (including phenoxy) is 3. The SMILES string of the molecule is COc1c2c(c(CCO)c3c1OCCC3)OCCC2. The average Bonchev–Trinajstić information content (AvgIpc) is 2.47. The number of hydrogen-bond acceptors (Lipinski definition) is 4. The lowest BCUT2D eigenvalue weighted by Gasteiger charge is -2.29. The molecule has 1 aromatic carbocycles. The minimum atomic E-state index is 0.134. The van der Waals surface area contributed by atoms with Gasteiger partial charge in [-0.1, -0.05) is 0 Å². The molecule has 0 aliphatic carbocycles. The monoisotopic (exact) mass is 264 g/mol. The maximum Gasteiger partial charge on any atom is 0.167 e. The van der Waals surface area contributed by atoms with Crippen LogP contribution >= 0.6 is 0 Å². The van der Waals surface area contributed by atoms with Crippen molar-refractivity contribution in [3.8, 4) is 17.2 Å². The summed E-state index contributed by atoms with van der Waals surface area (Å²) in [5.41, 5.74) is 3.39. The van der Waals surface area contributed by atoms with E-state index in [2.05, 4.69) is 0 Å². The molecule has 4 nitrogen and oxygen atoms in total. The molecule has 0 aromatic heterocycles. The normalized spacial score (nSPS) is 16.9. The van der Waals surface area contributed by atoms with Crippen molar-refractivity contribution in [2.45, 2.75) is 32.1 Å². The summed E-state index contributed by atoms with van der Waals surface area (Å²) in [4.78, 5) is 0. The van der Waals surface area contributed by atoms with Crippen molar-refractivity contribution >= 4 is 0 Å². The summed E-state index contributed by atoms with van der Waals surface area (Å²) in [6.45, 7) is 1.62. The zero-order chi connectivity index (χ0) is 13.2. The molecule has 19 heavy (non-hydrogen) atoms. The number of rotatable bonds is 3. The Morgan fingerprint density at radius 3 is 2.42 bits per heavy atom. The van der Waals surface area contributed by atoms with Crippen LogP contribution in [0.2, 0.25) is 0 Å². The Bertz CT molecular complexity index is 445. The van der Waals surface area contributed by atoms with Gasteiger partial charge in [0.05, 0.1) is 20.3 Å². The zero-order valence-corrected chi connectivity index (χ0v) is 11.3. The highest BCUT2D eigenvalue weighted by Gasteiger charge is 2.29. The van der Waals surface area contributed by atoms with Gasteiger partial charge < -0.3 is 19.3 Å². The van der Waals surface area contributed by atoms with Crippen LogP contribution in [0.25, 0.3) is 0 Å². The van der Waals surface area contributed by atoms with Crippen molar-refractivity contribution in [2.75, 3.05) is 26.9 Å². The van der Waals surface area contributed by atoms with Crippen LogP contribution in [0.3, 0.4) is 0 Å². The third-order valence-electron chi connectivity index (χ3n) is 3.87. The van der Waals surface area contributed by atoms with Crippen molar-refractivity contribution in [2.24, 2.45) is 0 Å². The number of aliphatic hydroxyl groups is 1. The Hall–Kier alpha value is -1.42. The van der Waals surface area contributed by atoms with E-state index in [4.69, 9.17) is 14.2 Å². The van der Waals surface area contributed by atoms with Crippen LogP contribution in [0.15, 0.2) is 0 Å². The zero-order valence-electron chi connectivity index (χ0n) is 11.3. The van der Waals surface area contributed by atoms with Crippen molar-refractivity contribution in [1.82, 2.24) is 0 Å². The summed E-state index contributed by atoms with van der Waals surface area (Å²) < 4.78 is 17.3. The highest BCUT2D eigenvalue weighted by Crippen LogP contribution is 2.48. The topological polar surface area (TPSA) is 47.9 Å². The molecule has 0 bridgehead atoms. The number of fused-ring (bicyclic) bond motifs is 2. The van der Waals surface area contributed by atoms with E-state index < -0.39 is 0 Å². The Balaban J connectivity index is 2.22. The smallest absolute Gasteiger partial charge is 0.167 e. The van der Waals surface area contributed by atoms with Crippen LogP contribution in [0, 0.1) is 0 Å². The van der Waals surface area contributed by atoms with E-state index >= 15 is 0 Å². The van der Waals surface area contributed by atoms with Gasteiger partial charge in [-0.25, -0.2) is 0 Å². The van der Waals surface area contributed by atoms with E-state index in [-0.39, 0.29) is 6.61 Å². The van der Waals surface area contributed by atoms with Gasteiger partial charge in [0.2, 0.25) is 0 Å². The van der Waals surface area contributed by atoms with Gasteiger partial charge >= 0.3 is 0 Å². The maximum absolute atomic E-state index is 9.32. The Labute approximate surface area is 113 Å². The summed E-state index contributed by atoms with van der Waals surface area (Å²) >= 11 is 0. The summed E-state index contributed by atoms with van der Waals surface area (Å²) in [6.07, 6.45) is 4.55. The molecular formula is C15H20O4. The van der Waals surface area contributed by atoms with Crippen LogP contribution in [0.4, 0.5) is 0 Å². The van der Waals surface area contributed by atoms with Gasteiger partial charge in [0.1, 0.15) is 5.75 Å². The lowest BCUT2D eigenvalue weighted by Crippen LogP contribution is -2.19. The number of methoxy groups -OCH3 is 1. The van der Waals surface area contributed by atoms with Gasteiger partial charge in [0.15, 0.2) is 11.5 Å². The fourth-order valence-corrected chi connectivity index (χ4v) is 3.09. The molecule has 2 aliphatic heterocycles. The molecule has 2 heterocycles.